The molecule has 0 aliphatic carbocycles. The highest BCUT2D eigenvalue weighted by molar-refractivity contribution is 7.00. The number of hydrogen-bond donors (Lipinski definition) is 0. The largest absolute Gasteiger partial charge is 0.311 e. The summed E-state index contributed by atoms with van der Waals surface area (Å²) in [5, 5.41) is 25.2. The molecule has 0 saturated heterocycles. The summed E-state index contributed by atoms with van der Waals surface area (Å²) in [6.07, 6.45) is 0.709. The predicted octanol–water partition coefficient (Wildman–Crippen LogP) is 22.5. The van der Waals surface area contributed by atoms with E-state index in [2.05, 4.69) is 342 Å². The van der Waals surface area contributed by atoms with Crippen molar-refractivity contribution < 1.29 is 0 Å². The summed E-state index contributed by atoms with van der Waals surface area (Å²) in [5.41, 5.74) is 19.1. The van der Waals surface area contributed by atoms with Gasteiger partial charge in [0, 0.05) is 50.6 Å². The predicted molar refractivity (Wildman–Crippen MR) is 407 cm³/mol. The number of fused-ring (bicyclic) bond motifs is 25. The third kappa shape index (κ3) is 7.65. The summed E-state index contributed by atoms with van der Waals surface area (Å²) < 4.78 is 2.49. The molecule has 4 heteroatoms. The van der Waals surface area contributed by atoms with E-state index in [1.807, 2.05) is 0 Å². The van der Waals surface area contributed by atoms with Gasteiger partial charge >= 0.3 is 0 Å². The molecular formula is C91H56BN3. The van der Waals surface area contributed by atoms with Crippen LogP contribution in [0, 0.1) is 0 Å². The summed E-state index contributed by atoms with van der Waals surface area (Å²) >= 11 is 0. The molecule has 21 rings (SSSR count). The van der Waals surface area contributed by atoms with Gasteiger partial charge < -0.3 is 14.4 Å². The summed E-state index contributed by atoms with van der Waals surface area (Å²) in [7, 11) is 0. The van der Waals surface area contributed by atoms with E-state index in [-0.39, 0.29) is 6.71 Å². The van der Waals surface area contributed by atoms with Crippen LogP contribution in [0.5, 0.6) is 0 Å². The molecule has 0 atom stereocenters. The van der Waals surface area contributed by atoms with Crippen molar-refractivity contribution in [3.05, 3.63) is 339 Å². The van der Waals surface area contributed by atoms with Gasteiger partial charge in [-0.15, -0.1) is 0 Å². The Balaban J connectivity index is 0.884. The maximum absolute atomic E-state index is 2.65. The normalized spacial score (nSPS) is 12.8. The number of aromatic nitrogens is 1. The highest BCUT2D eigenvalue weighted by Gasteiger charge is 2.44. The van der Waals surface area contributed by atoms with Gasteiger partial charge in [0.25, 0.3) is 6.71 Å². The zero-order chi connectivity index (χ0) is 62.0. The topological polar surface area (TPSA) is 11.4 Å². The van der Waals surface area contributed by atoms with Gasteiger partial charge in [0.05, 0.1) is 11.0 Å². The maximum Gasteiger partial charge on any atom is 0.252 e. The van der Waals surface area contributed by atoms with Crippen LogP contribution in [0.15, 0.2) is 328 Å². The molecule has 0 spiro atoms. The Morgan fingerprint density at radius 2 is 0.589 bits per heavy atom. The molecule has 2 aliphatic rings. The zero-order valence-electron chi connectivity index (χ0n) is 51.8. The smallest absolute Gasteiger partial charge is 0.252 e. The van der Waals surface area contributed by atoms with Crippen molar-refractivity contribution in [1.82, 2.24) is 4.57 Å². The van der Waals surface area contributed by atoms with Crippen LogP contribution in [0.25, 0.3) is 136 Å². The van der Waals surface area contributed by atoms with Crippen LogP contribution in [0.2, 0.25) is 0 Å². The van der Waals surface area contributed by atoms with E-state index < -0.39 is 0 Å². The average Bonchev–Trinajstić information content (AvgIpc) is 1.52. The van der Waals surface area contributed by atoms with E-state index in [0.29, 0.717) is 6.42 Å². The summed E-state index contributed by atoms with van der Waals surface area (Å²) in [4.78, 5) is 5.28. The Morgan fingerprint density at radius 1 is 0.211 bits per heavy atom. The van der Waals surface area contributed by atoms with Gasteiger partial charge in [0.15, 0.2) is 0 Å². The lowest BCUT2D eigenvalue weighted by Gasteiger charge is -2.45. The molecule has 0 radical (unpaired) electrons. The first-order valence-electron chi connectivity index (χ1n) is 33.2. The Kier molecular flexibility index (Phi) is 11.1. The number of benzene rings is 18. The number of nitrogens with zero attached hydrogens (tertiary/aromatic N) is 3. The van der Waals surface area contributed by atoms with Crippen LogP contribution >= 0.6 is 0 Å². The Hall–Kier alpha value is -12.2. The highest BCUT2D eigenvalue weighted by Crippen LogP contribution is 2.50. The van der Waals surface area contributed by atoms with Crippen molar-refractivity contribution in [2.75, 3.05) is 9.80 Å². The molecule has 0 N–H and O–H groups in total. The standard InChI is InChI=1S/C91H56BN3/c1-2-20-58(21-3-1)59-39-47-87-84(52-59)92-83-46-42-62(93-85-36-18-16-34-78(85)79-35-17-19-37-86(79)93)55-88(83)95(61-41-45-77-71-30-9-6-24-65(71)68-27-12-15-33-74(68)82(77)54-61)90-51-57(48-56-38-43-75-69-28-7-4-22-63(69)66-25-10-13-31-72(66)80(75)49-56)50-89(91(90)92)94(87)60-40-44-76-70-29-8-5-23-64(70)67-26-11-14-32-73(67)81(76)53-60/h1-47,49-55H,48H2. The second kappa shape index (κ2) is 20.1. The van der Waals surface area contributed by atoms with Crippen LogP contribution in [-0.4, -0.2) is 11.3 Å². The molecule has 0 bridgehead atoms. The van der Waals surface area contributed by atoms with Crippen molar-refractivity contribution in [2.45, 2.75) is 6.42 Å². The minimum atomic E-state index is -0.154. The summed E-state index contributed by atoms with van der Waals surface area (Å²) in [5.74, 6) is 0. The molecule has 0 fully saturated rings. The molecule has 438 valence electrons. The van der Waals surface area contributed by atoms with E-state index in [0.717, 1.165) is 22.7 Å². The van der Waals surface area contributed by atoms with Crippen LogP contribution in [0.4, 0.5) is 34.1 Å². The highest BCUT2D eigenvalue weighted by atomic mass is 15.2. The monoisotopic (exact) mass is 1200 g/mol. The lowest BCUT2D eigenvalue weighted by molar-refractivity contribution is 1.16. The van der Waals surface area contributed by atoms with Crippen LogP contribution in [0.3, 0.4) is 0 Å². The van der Waals surface area contributed by atoms with E-state index in [1.165, 1.54) is 174 Å². The van der Waals surface area contributed by atoms with E-state index in [1.54, 1.807) is 0 Å². The molecule has 0 amide bonds. The molecule has 1 aromatic heterocycles. The fourth-order valence-electron chi connectivity index (χ4n) is 17.2. The second-order valence-corrected chi connectivity index (χ2v) is 26.2. The van der Waals surface area contributed by atoms with Crippen molar-refractivity contribution in [3.8, 4) is 16.8 Å². The van der Waals surface area contributed by atoms with Crippen LogP contribution < -0.4 is 26.2 Å². The minimum Gasteiger partial charge on any atom is -0.311 e. The van der Waals surface area contributed by atoms with Gasteiger partial charge in [-0.1, -0.05) is 261 Å². The van der Waals surface area contributed by atoms with Crippen LogP contribution in [0.1, 0.15) is 11.1 Å². The lowest BCUT2D eigenvalue weighted by atomic mass is 9.33. The van der Waals surface area contributed by atoms with Crippen molar-refractivity contribution >= 4 is 176 Å². The molecule has 3 heterocycles. The Bertz CT molecular complexity index is 6380. The van der Waals surface area contributed by atoms with Crippen LogP contribution in [-0.2, 0) is 6.42 Å². The van der Waals surface area contributed by atoms with E-state index in [4.69, 9.17) is 0 Å². The molecule has 18 aromatic carbocycles. The van der Waals surface area contributed by atoms with Crippen molar-refractivity contribution in [2.24, 2.45) is 0 Å². The Morgan fingerprint density at radius 3 is 1.06 bits per heavy atom. The Labute approximate surface area is 548 Å². The molecule has 95 heavy (non-hydrogen) atoms. The maximum atomic E-state index is 2.65. The third-order valence-corrected chi connectivity index (χ3v) is 21.2. The van der Waals surface area contributed by atoms with Gasteiger partial charge in [0.2, 0.25) is 0 Å². The molecular weight excluding hydrogens is 1150 g/mol. The first-order chi connectivity index (χ1) is 47.1. The third-order valence-electron chi connectivity index (χ3n) is 21.2. The van der Waals surface area contributed by atoms with Gasteiger partial charge in [-0.25, -0.2) is 0 Å². The number of para-hydroxylation sites is 2. The van der Waals surface area contributed by atoms with Gasteiger partial charge in [-0.3, -0.25) is 0 Å². The first kappa shape index (κ1) is 52.4. The zero-order valence-corrected chi connectivity index (χ0v) is 51.8. The molecule has 2 aliphatic heterocycles. The fraction of sp³-hybridized carbons (Fsp3) is 0.0110. The van der Waals surface area contributed by atoms with Gasteiger partial charge in [-0.2, -0.15) is 0 Å². The van der Waals surface area contributed by atoms with Gasteiger partial charge in [0.1, 0.15) is 0 Å². The number of hydrogen-bond acceptors (Lipinski definition) is 2. The lowest BCUT2D eigenvalue weighted by Crippen LogP contribution is -2.61. The minimum absolute atomic E-state index is 0.154. The molecule has 0 saturated carbocycles. The van der Waals surface area contributed by atoms with Crippen molar-refractivity contribution in [3.63, 3.8) is 0 Å². The van der Waals surface area contributed by atoms with E-state index >= 15 is 0 Å². The summed E-state index contributed by atoms with van der Waals surface area (Å²) in [6, 6.07) is 124. The molecule has 19 aromatic rings. The second-order valence-electron chi connectivity index (χ2n) is 26.2. The fourth-order valence-corrected chi connectivity index (χ4v) is 17.2. The molecule has 3 nitrogen and oxygen atoms in total. The molecule has 0 unspecified atom stereocenters. The number of anilines is 6. The van der Waals surface area contributed by atoms with E-state index in [9.17, 15) is 0 Å². The van der Waals surface area contributed by atoms with Gasteiger partial charge in [-0.05, 0) is 209 Å². The SMILES string of the molecule is c1ccc(-c2ccc3c(c2)B2c4ccc(-n5c6ccccc6c6ccccc65)cc4N(c4ccc5c6ccccc6c6ccccc6c5c4)c4cc(Cc5ccc6c7ccccc7c7ccccc7c6c5)cc(c42)N3c2ccc3c4ccccc4c4ccccc4c3c2)cc1. The first-order valence-corrected chi connectivity index (χ1v) is 33.2. The average molecular weight is 1200 g/mol. The number of rotatable bonds is 6. The van der Waals surface area contributed by atoms with Crippen molar-refractivity contribution in [1.29, 1.82) is 0 Å². The summed E-state index contributed by atoms with van der Waals surface area (Å²) in [6.45, 7) is -0.154. The quantitative estimate of drug-likeness (QED) is 0.121.